The Labute approximate surface area is 160 Å². The molecular formula is C19H26N2O5S. The van der Waals surface area contributed by atoms with Gasteiger partial charge in [0.2, 0.25) is 10.0 Å². The number of nitrogens with zero attached hydrogens (tertiary/aromatic N) is 2. The standard InChI is InChI=1S/C19H26N2O5S/c1-3-27(24,25)20-11-8-16(9-12-20)19(23)26-14(2)18(22)21-13-10-15-6-4-5-7-17(15)21/h4-7,14,16H,3,8-13H2,1-2H3. The number of anilines is 1. The highest BCUT2D eigenvalue weighted by atomic mass is 32.2. The largest absolute Gasteiger partial charge is 0.452 e. The zero-order valence-corrected chi connectivity index (χ0v) is 16.6. The zero-order valence-electron chi connectivity index (χ0n) is 15.8. The highest BCUT2D eigenvalue weighted by Crippen LogP contribution is 2.28. The summed E-state index contributed by atoms with van der Waals surface area (Å²) in [6.45, 7) is 4.43. The summed E-state index contributed by atoms with van der Waals surface area (Å²) in [6.07, 6.45) is 0.783. The lowest BCUT2D eigenvalue weighted by molar-refractivity contribution is -0.159. The van der Waals surface area contributed by atoms with E-state index in [1.807, 2.05) is 24.3 Å². The molecule has 2 heterocycles. The quantitative estimate of drug-likeness (QED) is 0.708. The third kappa shape index (κ3) is 4.16. The van der Waals surface area contributed by atoms with Crippen molar-refractivity contribution in [3.63, 3.8) is 0 Å². The Balaban J connectivity index is 1.55. The van der Waals surface area contributed by atoms with Gasteiger partial charge in [-0.05, 0) is 44.7 Å². The monoisotopic (exact) mass is 394 g/mol. The molecule has 1 aromatic carbocycles. The van der Waals surface area contributed by atoms with Crippen LogP contribution in [0.25, 0.3) is 0 Å². The maximum absolute atomic E-state index is 12.7. The van der Waals surface area contributed by atoms with Crippen LogP contribution in [0.2, 0.25) is 0 Å². The molecule has 0 saturated carbocycles. The number of rotatable bonds is 5. The van der Waals surface area contributed by atoms with Crippen LogP contribution in [-0.2, 0) is 30.8 Å². The molecule has 0 radical (unpaired) electrons. The molecule has 1 aromatic rings. The maximum atomic E-state index is 12.7. The molecule has 148 valence electrons. The van der Waals surface area contributed by atoms with E-state index in [2.05, 4.69) is 0 Å². The summed E-state index contributed by atoms with van der Waals surface area (Å²) in [4.78, 5) is 26.8. The molecule has 0 aliphatic carbocycles. The molecule has 1 amide bonds. The molecule has 2 aliphatic heterocycles. The van der Waals surface area contributed by atoms with Crippen LogP contribution in [0.1, 0.15) is 32.3 Å². The molecule has 27 heavy (non-hydrogen) atoms. The van der Waals surface area contributed by atoms with Crippen LogP contribution in [0.3, 0.4) is 0 Å². The number of carbonyl (C=O) groups is 2. The first kappa shape index (κ1) is 19.8. The molecule has 8 heteroatoms. The van der Waals surface area contributed by atoms with Gasteiger partial charge in [-0.15, -0.1) is 0 Å². The number of hydrogen-bond acceptors (Lipinski definition) is 5. The molecule has 0 aromatic heterocycles. The van der Waals surface area contributed by atoms with Crippen molar-refractivity contribution in [2.75, 3.05) is 30.3 Å². The van der Waals surface area contributed by atoms with E-state index in [1.165, 1.54) is 4.31 Å². The van der Waals surface area contributed by atoms with Crippen LogP contribution in [0.4, 0.5) is 5.69 Å². The minimum Gasteiger partial charge on any atom is -0.452 e. The van der Waals surface area contributed by atoms with Crippen molar-refractivity contribution in [3.05, 3.63) is 29.8 Å². The molecule has 1 unspecified atom stereocenters. The number of sulfonamides is 1. The number of para-hydroxylation sites is 1. The Kier molecular flexibility index (Phi) is 5.86. The SMILES string of the molecule is CCS(=O)(=O)N1CCC(C(=O)OC(C)C(=O)N2CCc3ccccc32)CC1. The smallest absolute Gasteiger partial charge is 0.309 e. The van der Waals surface area contributed by atoms with E-state index in [9.17, 15) is 18.0 Å². The predicted octanol–water partition coefficient (Wildman–Crippen LogP) is 1.57. The Bertz CT molecular complexity index is 815. The fraction of sp³-hybridized carbons (Fsp3) is 0.579. The topological polar surface area (TPSA) is 84.0 Å². The summed E-state index contributed by atoms with van der Waals surface area (Å²) in [5.74, 6) is -0.948. The normalized spacial score (nSPS) is 19.6. The Morgan fingerprint density at radius 2 is 1.85 bits per heavy atom. The highest BCUT2D eigenvalue weighted by molar-refractivity contribution is 7.89. The molecule has 1 atom stereocenters. The second-order valence-electron chi connectivity index (χ2n) is 7.02. The molecular weight excluding hydrogens is 368 g/mol. The summed E-state index contributed by atoms with van der Waals surface area (Å²) in [5.41, 5.74) is 2.00. The van der Waals surface area contributed by atoms with Crippen LogP contribution < -0.4 is 4.90 Å². The molecule has 0 spiro atoms. The Hall–Kier alpha value is -1.93. The number of piperidine rings is 1. The lowest BCUT2D eigenvalue weighted by Gasteiger charge is -2.30. The molecule has 1 saturated heterocycles. The van der Waals surface area contributed by atoms with Gasteiger partial charge in [0.15, 0.2) is 6.10 Å². The fourth-order valence-corrected chi connectivity index (χ4v) is 4.79. The predicted molar refractivity (Wildman–Crippen MR) is 102 cm³/mol. The van der Waals surface area contributed by atoms with Gasteiger partial charge in [-0.3, -0.25) is 9.59 Å². The molecule has 7 nitrogen and oxygen atoms in total. The second kappa shape index (κ2) is 7.98. The van der Waals surface area contributed by atoms with Crippen molar-refractivity contribution in [1.29, 1.82) is 0 Å². The first-order chi connectivity index (χ1) is 12.8. The lowest BCUT2D eigenvalue weighted by atomic mass is 9.98. The fourth-order valence-electron chi connectivity index (χ4n) is 3.66. The number of hydrogen-bond donors (Lipinski definition) is 0. The van der Waals surface area contributed by atoms with E-state index < -0.39 is 22.1 Å². The lowest BCUT2D eigenvalue weighted by Crippen LogP contribution is -2.43. The van der Waals surface area contributed by atoms with Crippen LogP contribution in [0.15, 0.2) is 24.3 Å². The number of benzene rings is 1. The number of fused-ring (bicyclic) bond motifs is 1. The van der Waals surface area contributed by atoms with Crippen LogP contribution in [0.5, 0.6) is 0 Å². The molecule has 0 N–H and O–H groups in total. The summed E-state index contributed by atoms with van der Waals surface area (Å²) in [6, 6.07) is 7.73. The van der Waals surface area contributed by atoms with E-state index in [-0.39, 0.29) is 17.6 Å². The van der Waals surface area contributed by atoms with Gasteiger partial charge >= 0.3 is 5.97 Å². The first-order valence-electron chi connectivity index (χ1n) is 9.41. The Morgan fingerprint density at radius 3 is 2.52 bits per heavy atom. The Morgan fingerprint density at radius 1 is 1.19 bits per heavy atom. The van der Waals surface area contributed by atoms with Crippen LogP contribution in [0, 0.1) is 5.92 Å². The van der Waals surface area contributed by atoms with Gasteiger partial charge in [0, 0.05) is 25.3 Å². The molecule has 2 aliphatic rings. The maximum Gasteiger partial charge on any atom is 0.309 e. The highest BCUT2D eigenvalue weighted by Gasteiger charge is 2.34. The minimum absolute atomic E-state index is 0.0605. The van der Waals surface area contributed by atoms with Gasteiger partial charge in [-0.2, -0.15) is 0 Å². The van der Waals surface area contributed by atoms with Crippen molar-refractivity contribution < 1.29 is 22.7 Å². The van der Waals surface area contributed by atoms with Crippen molar-refractivity contribution >= 4 is 27.6 Å². The number of esters is 1. The van der Waals surface area contributed by atoms with Gasteiger partial charge in [0.25, 0.3) is 5.91 Å². The van der Waals surface area contributed by atoms with Crippen LogP contribution in [-0.4, -0.2) is 56.1 Å². The van der Waals surface area contributed by atoms with Crippen molar-refractivity contribution in [3.8, 4) is 0 Å². The zero-order chi connectivity index (χ0) is 19.6. The minimum atomic E-state index is -3.23. The summed E-state index contributed by atoms with van der Waals surface area (Å²) in [7, 11) is -3.23. The third-order valence-corrected chi connectivity index (χ3v) is 7.22. The van der Waals surface area contributed by atoms with Crippen molar-refractivity contribution in [2.45, 2.75) is 39.2 Å². The average molecular weight is 394 g/mol. The second-order valence-corrected chi connectivity index (χ2v) is 9.28. The van der Waals surface area contributed by atoms with E-state index in [1.54, 1.807) is 18.7 Å². The van der Waals surface area contributed by atoms with Gasteiger partial charge < -0.3 is 9.64 Å². The average Bonchev–Trinajstić information content (AvgIpc) is 3.11. The summed E-state index contributed by atoms with van der Waals surface area (Å²) in [5, 5.41) is 0. The van der Waals surface area contributed by atoms with Gasteiger partial charge in [-0.25, -0.2) is 12.7 Å². The van der Waals surface area contributed by atoms with E-state index in [4.69, 9.17) is 4.74 Å². The molecule has 1 fully saturated rings. The van der Waals surface area contributed by atoms with E-state index in [0.717, 1.165) is 17.7 Å². The first-order valence-corrected chi connectivity index (χ1v) is 11.0. The van der Waals surface area contributed by atoms with E-state index in [0.29, 0.717) is 32.5 Å². The van der Waals surface area contributed by atoms with E-state index >= 15 is 0 Å². The summed E-state index contributed by atoms with van der Waals surface area (Å²) >= 11 is 0. The number of carbonyl (C=O) groups excluding carboxylic acids is 2. The molecule has 0 bridgehead atoms. The van der Waals surface area contributed by atoms with Crippen molar-refractivity contribution in [1.82, 2.24) is 4.31 Å². The van der Waals surface area contributed by atoms with Crippen LogP contribution >= 0.6 is 0 Å². The molecule has 3 rings (SSSR count). The van der Waals surface area contributed by atoms with Gasteiger partial charge in [0.05, 0.1) is 11.7 Å². The van der Waals surface area contributed by atoms with Gasteiger partial charge in [0.1, 0.15) is 0 Å². The third-order valence-electron chi connectivity index (χ3n) is 5.34. The number of ether oxygens (including phenoxy) is 1. The van der Waals surface area contributed by atoms with Crippen molar-refractivity contribution in [2.24, 2.45) is 5.92 Å². The number of amides is 1. The van der Waals surface area contributed by atoms with Gasteiger partial charge in [-0.1, -0.05) is 18.2 Å². The summed E-state index contributed by atoms with van der Waals surface area (Å²) < 4.78 is 30.7.